The molecule has 3 heteroatoms. The fourth-order valence-electron chi connectivity index (χ4n) is 15.9. The van der Waals surface area contributed by atoms with E-state index in [0.717, 1.165) is 0 Å². The zero-order valence-corrected chi connectivity index (χ0v) is 53.9. The van der Waals surface area contributed by atoms with E-state index in [1.54, 1.807) is 16.7 Å². The highest BCUT2D eigenvalue weighted by atomic mass is 32.1. The van der Waals surface area contributed by atoms with Crippen LogP contribution in [0, 0.1) is 33.1 Å². The molecule has 0 N–H and O–H groups in total. The summed E-state index contributed by atoms with van der Waals surface area (Å²) in [5.41, 5.74) is 32.3. The van der Waals surface area contributed by atoms with Gasteiger partial charge < -0.3 is 9.80 Å². The van der Waals surface area contributed by atoms with Gasteiger partial charge in [0.15, 0.2) is 0 Å². The second kappa shape index (κ2) is 17.3. The van der Waals surface area contributed by atoms with Gasteiger partial charge in [0.2, 0.25) is 0 Å². The van der Waals surface area contributed by atoms with Crippen LogP contribution in [0.5, 0.6) is 0 Å². The van der Waals surface area contributed by atoms with E-state index < -0.39 is 0 Å². The van der Waals surface area contributed by atoms with Crippen molar-refractivity contribution in [2.45, 2.75) is 215 Å². The molecule has 0 amide bonds. The summed E-state index contributed by atoms with van der Waals surface area (Å²) in [4.78, 5) is 5.54. The molecule has 8 aromatic rings. The second-order valence-electron chi connectivity index (χ2n) is 31.6. The van der Waals surface area contributed by atoms with E-state index in [0.29, 0.717) is 0 Å². The molecule has 0 saturated heterocycles. The Kier molecular flexibility index (Phi) is 11.6. The first kappa shape index (κ1) is 54.4. The molecule has 2 nitrogen and oxygen atoms in total. The normalized spacial score (nSPS) is 21.2. The molecule has 1 fully saturated rings. The monoisotopic (exact) mass is 1090 g/mol. The molecule has 7 aromatic carbocycles. The number of aryl methyl sites for hydroxylation is 4. The van der Waals surface area contributed by atoms with Crippen LogP contribution < -0.4 is 9.80 Å². The Morgan fingerprint density at radius 2 is 0.988 bits per heavy atom. The van der Waals surface area contributed by atoms with Crippen LogP contribution in [-0.4, -0.2) is 0 Å². The van der Waals surface area contributed by atoms with Crippen molar-refractivity contribution in [2.24, 2.45) is 5.41 Å². The first-order valence-corrected chi connectivity index (χ1v) is 31.6. The van der Waals surface area contributed by atoms with Crippen molar-refractivity contribution in [1.82, 2.24) is 0 Å². The highest BCUT2D eigenvalue weighted by molar-refractivity contribution is 7.26. The van der Waals surface area contributed by atoms with Crippen LogP contribution in [0.2, 0.25) is 0 Å². The molecule has 5 aliphatic rings. The molecule has 81 heavy (non-hydrogen) atoms. The number of hydrogen-bond donors (Lipinski definition) is 0. The van der Waals surface area contributed by atoms with Gasteiger partial charge in [-0.2, -0.15) is 0 Å². The van der Waals surface area contributed by atoms with Crippen LogP contribution in [0.3, 0.4) is 0 Å². The SMILES string of the molecule is Cc1cc(C(C)(C)C)ccc1N(c1cc2c3c(c1)N(c1c(C)cc(C(C)(C)C)cc1C)c1c(ccc4c1sc1cc(C(C)(C)C)ccc14)C1=C(c4cc(C(C)(C)C)cc5c4C2C2(C)CCCCC52C)C13)c1ccc(C(C)(C)C)cc1C. The Labute approximate surface area is 491 Å². The van der Waals surface area contributed by atoms with E-state index in [2.05, 4.69) is 258 Å². The number of thiophene rings is 1. The van der Waals surface area contributed by atoms with Crippen molar-refractivity contribution in [3.63, 3.8) is 0 Å². The smallest absolute Gasteiger partial charge is 0.0716 e. The van der Waals surface area contributed by atoms with Gasteiger partial charge in [0.1, 0.15) is 0 Å². The molecule has 4 atom stereocenters. The van der Waals surface area contributed by atoms with Crippen molar-refractivity contribution >= 4 is 76.8 Å². The lowest BCUT2D eigenvalue weighted by molar-refractivity contribution is 0.0921. The predicted octanol–water partition coefficient (Wildman–Crippen LogP) is 23.0. The van der Waals surface area contributed by atoms with Gasteiger partial charge in [-0.25, -0.2) is 0 Å². The quantitative estimate of drug-likeness (QED) is 0.173. The van der Waals surface area contributed by atoms with Gasteiger partial charge in [-0.1, -0.05) is 203 Å². The molecular weight excluding hydrogens is 997 g/mol. The minimum atomic E-state index is -0.00979. The maximum absolute atomic E-state index is 2.85. The molecule has 1 aromatic heterocycles. The summed E-state index contributed by atoms with van der Waals surface area (Å²) >= 11 is 2.02. The van der Waals surface area contributed by atoms with Crippen LogP contribution in [0.4, 0.5) is 34.1 Å². The van der Waals surface area contributed by atoms with E-state index in [1.807, 2.05) is 11.3 Å². The number of benzene rings is 7. The van der Waals surface area contributed by atoms with Crippen molar-refractivity contribution in [3.05, 3.63) is 187 Å². The zero-order valence-electron chi connectivity index (χ0n) is 53.1. The van der Waals surface area contributed by atoms with Crippen LogP contribution in [-0.2, 0) is 32.5 Å². The number of rotatable bonds is 4. The average molecular weight is 1090 g/mol. The lowest BCUT2D eigenvalue weighted by atomic mass is 9.54. The molecule has 0 bridgehead atoms. The summed E-state index contributed by atoms with van der Waals surface area (Å²) in [6.45, 7) is 50.6. The van der Waals surface area contributed by atoms with Crippen molar-refractivity contribution in [3.8, 4) is 0 Å². The molecule has 2 heterocycles. The Morgan fingerprint density at radius 3 is 1.56 bits per heavy atom. The molecule has 13 rings (SSSR count). The molecular formula is C78H90N2S. The molecule has 0 spiro atoms. The molecule has 1 saturated carbocycles. The molecule has 4 unspecified atom stereocenters. The Balaban J connectivity index is 1.24. The van der Waals surface area contributed by atoms with Gasteiger partial charge in [-0.05, 0) is 198 Å². The maximum atomic E-state index is 2.85. The lowest BCUT2D eigenvalue weighted by Gasteiger charge is -2.49. The molecule has 0 radical (unpaired) electrons. The largest absolute Gasteiger partial charge is 0.310 e. The average Bonchev–Trinajstić information content (AvgIpc) is 1.57. The van der Waals surface area contributed by atoms with Gasteiger partial charge in [0.25, 0.3) is 0 Å². The maximum Gasteiger partial charge on any atom is 0.0716 e. The van der Waals surface area contributed by atoms with E-state index in [1.165, 1.54) is 158 Å². The zero-order chi connectivity index (χ0) is 58.0. The number of hydrogen-bond acceptors (Lipinski definition) is 3. The minimum Gasteiger partial charge on any atom is -0.310 e. The summed E-state index contributed by atoms with van der Waals surface area (Å²) in [5, 5.41) is 2.70. The van der Waals surface area contributed by atoms with Crippen LogP contribution in [0.15, 0.2) is 103 Å². The number of anilines is 6. The van der Waals surface area contributed by atoms with Gasteiger partial charge in [0.05, 0.1) is 21.8 Å². The summed E-state index contributed by atoms with van der Waals surface area (Å²) in [6, 6.07) is 43.0. The van der Waals surface area contributed by atoms with E-state index in [-0.39, 0.29) is 49.7 Å². The topological polar surface area (TPSA) is 6.48 Å². The van der Waals surface area contributed by atoms with Crippen LogP contribution in [0.25, 0.3) is 31.3 Å². The Hall–Kier alpha value is -5.90. The predicted molar refractivity (Wildman–Crippen MR) is 353 cm³/mol. The lowest BCUT2D eigenvalue weighted by Crippen LogP contribution is -2.43. The van der Waals surface area contributed by atoms with Gasteiger partial charge in [-0.3, -0.25) is 0 Å². The first-order valence-electron chi connectivity index (χ1n) is 30.8. The highest BCUT2D eigenvalue weighted by Gasteiger charge is 2.63. The minimum absolute atomic E-state index is 0.00417. The van der Waals surface area contributed by atoms with E-state index in [9.17, 15) is 0 Å². The third kappa shape index (κ3) is 7.95. The third-order valence-electron chi connectivity index (χ3n) is 21.0. The van der Waals surface area contributed by atoms with Gasteiger partial charge >= 0.3 is 0 Å². The second-order valence-corrected chi connectivity index (χ2v) is 32.7. The summed E-state index contributed by atoms with van der Waals surface area (Å²) in [6.07, 6.45) is 4.97. The summed E-state index contributed by atoms with van der Waals surface area (Å²) in [5.74, 6) is 0.375. The standard InChI is InChI=1S/C78H90N2S/c1-43-34-47(72(5,6)7)25-30-59(43)79(60-31-26-48(35-44(60)2)73(8,9)10)52-41-57-64-61(42-52)80(69-45(3)36-50(37-46(69)4)75(14,15)16)70-55(29-28-54-53-27-24-49(74(11,12)13)40-62(53)81-71(54)70)65-66(67(64)65)56-38-51(76(17,18)19)39-58-63(56)68(57)78(21)33-23-22-32-77(58,78)20/h24-31,34-42,67-68H,22-23,32-33H2,1-21H3. The van der Waals surface area contributed by atoms with Crippen molar-refractivity contribution in [1.29, 1.82) is 0 Å². The fraction of sp³-hybridized carbons (Fsp3) is 0.436. The number of allylic oxidation sites excluding steroid dienone is 2. The van der Waals surface area contributed by atoms with Crippen molar-refractivity contribution < 1.29 is 0 Å². The molecule has 418 valence electrons. The van der Waals surface area contributed by atoms with Crippen LogP contribution >= 0.6 is 11.3 Å². The van der Waals surface area contributed by atoms with Gasteiger partial charge in [-0.15, -0.1) is 11.3 Å². The molecule has 4 aliphatic carbocycles. The first-order chi connectivity index (χ1) is 37.7. The highest BCUT2D eigenvalue weighted by Crippen LogP contribution is 2.77. The summed E-state index contributed by atoms with van der Waals surface area (Å²) < 4.78 is 2.74. The number of nitrogens with zero attached hydrogens (tertiary/aromatic N) is 2. The van der Waals surface area contributed by atoms with Crippen molar-refractivity contribution in [2.75, 3.05) is 9.80 Å². The Bertz CT molecular complexity index is 3970. The Morgan fingerprint density at radius 1 is 0.481 bits per heavy atom. The summed E-state index contributed by atoms with van der Waals surface area (Å²) in [7, 11) is 0. The third-order valence-corrected chi connectivity index (χ3v) is 22.2. The van der Waals surface area contributed by atoms with E-state index >= 15 is 0 Å². The van der Waals surface area contributed by atoms with E-state index in [4.69, 9.17) is 0 Å². The number of fused-ring (bicyclic) bond motifs is 11. The van der Waals surface area contributed by atoms with Crippen LogP contribution in [0.1, 0.15) is 239 Å². The molecule has 1 aliphatic heterocycles. The fourth-order valence-corrected chi connectivity index (χ4v) is 17.2. The van der Waals surface area contributed by atoms with Gasteiger partial charge in [0, 0.05) is 49.9 Å².